The lowest BCUT2D eigenvalue weighted by molar-refractivity contribution is 0.0190. The van der Waals surface area contributed by atoms with Crippen molar-refractivity contribution in [1.82, 2.24) is 14.7 Å². The molecule has 0 saturated heterocycles. The molecule has 1 heterocycles. The number of terminal acetylenes is 1. The highest BCUT2D eigenvalue weighted by Crippen LogP contribution is 2.32. The minimum Gasteiger partial charge on any atom is -0.438 e. The molecule has 3 rings (SSSR count). The van der Waals surface area contributed by atoms with E-state index in [-0.39, 0.29) is 25.1 Å². The van der Waals surface area contributed by atoms with Gasteiger partial charge in [-0.05, 0) is 57.2 Å². The van der Waals surface area contributed by atoms with Gasteiger partial charge in [0, 0.05) is 25.2 Å². The van der Waals surface area contributed by atoms with Crippen LogP contribution in [0.3, 0.4) is 0 Å². The van der Waals surface area contributed by atoms with Crippen LogP contribution in [-0.2, 0) is 11.3 Å². The lowest BCUT2D eigenvalue weighted by atomic mass is 10.2. The molecule has 0 spiro atoms. The molecule has 0 aliphatic rings. The van der Waals surface area contributed by atoms with Gasteiger partial charge in [0.2, 0.25) is 5.88 Å². The zero-order valence-corrected chi connectivity index (χ0v) is 19.5. The second-order valence-electron chi connectivity index (χ2n) is 8.21. The van der Waals surface area contributed by atoms with Gasteiger partial charge in [-0.25, -0.2) is 13.5 Å². The number of aromatic nitrogens is 2. The molecule has 1 atom stereocenters. The van der Waals surface area contributed by atoms with Crippen LogP contribution in [0.5, 0.6) is 11.6 Å². The Balaban J connectivity index is 1.96. The van der Waals surface area contributed by atoms with E-state index in [0.717, 1.165) is 5.56 Å². The van der Waals surface area contributed by atoms with Gasteiger partial charge < -0.3 is 14.6 Å². The smallest absolute Gasteiger partial charge is 0.227 e. The molecule has 6 nitrogen and oxygen atoms in total. The molecule has 0 saturated carbocycles. The first-order chi connectivity index (χ1) is 16.3. The highest BCUT2D eigenvalue weighted by molar-refractivity contribution is 5.43. The van der Waals surface area contributed by atoms with Gasteiger partial charge in [-0.15, -0.1) is 6.42 Å². The molecule has 0 bridgehead atoms. The van der Waals surface area contributed by atoms with E-state index in [1.54, 1.807) is 28.9 Å². The average molecular weight is 470 g/mol. The van der Waals surface area contributed by atoms with Crippen LogP contribution in [0.15, 0.2) is 48.5 Å². The van der Waals surface area contributed by atoms with E-state index in [1.807, 2.05) is 20.8 Å². The van der Waals surface area contributed by atoms with Crippen LogP contribution in [0.4, 0.5) is 8.78 Å². The van der Waals surface area contributed by atoms with Crippen molar-refractivity contribution in [3.8, 4) is 29.7 Å². The van der Waals surface area contributed by atoms with Crippen LogP contribution in [0.1, 0.15) is 25.1 Å². The Kier molecular flexibility index (Phi) is 8.77. The average Bonchev–Trinajstić information content (AvgIpc) is 3.09. The van der Waals surface area contributed by atoms with Gasteiger partial charge in [0.15, 0.2) is 0 Å². The Bertz CT molecular complexity index is 1120. The van der Waals surface area contributed by atoms with Crippen LogP contribution in [0.2, 0.25) is 0 Å². The summed E-state index contributed by atoms with van der Waals surface area (Å²) in [5, 5.41) is 15.0. The molecule has 0 fully saturated rings. The third-order valence-corrected chi connectivity index (χ3v) is 5.25. The first kappa shape index (κ1) is 25.4. The molecule has 1 aromatic heterocycles. The number of rotatable bonds is 11. The number of aryl methyl sites for hydroxylation is 1. The lowest BCUT2D eigenvalue weighted by Crippen LogP contribution is -2.39. The highest BCUT2D eigenvalue weighted by Gasteiger charge is 2.24. The molecule has 0 aliphatic heterocycles. The summed E-state index contributed by atoms with van der Waals surface area (Å²) >= 11 is 0. The van der Waals surface area contributed by atoms with Gasteiger partial charge in [-0.2, -0.15) is 5.10 Å². The summed E-state index contributed by atoms with van der Waals surface area (Å²) in [4.78, 5) is 2.06. The van der Waals surface area contributed by atoms with Crippen molar-refractivity contribution < 1.29 is 23.4 Å². The van der Waals surface area contributed by atoms with Crippen molar-refractivity contribution in [3.63, 3.8) is 0 Å². The predicted molar refractivity (Wildman–Crippen MR) is 126 cm³/mol. The normalized spacial score (nSPS) is 12.2. The van der Waals surface area contributed by atoms with E-state index >= 15 is 0 Å². The third-order valence-electron chi connectivity index (χ3n) is 5.25. The standard InChI is InChI=1S/C26H29F2N3O3/c1-5-13-33-17-23(32)15-30(18(2)3)16-25-19(4)29-31(22-11-9-20(27)10-12-22)26(25)34-24-8-6-7-21(28)14-24/h1,6-12,14,18,23,32H,13,15-17H2,2-4H3. The molecule has 8 heteroatoms. The SMILES string of the molecule is C#CCOCC(O)CN(Cc1c(C)nn(-c2ccc(F)cc2)c1Oc1cccc(F)c1)C(C)C. The number of benzene rings is 2. The lowest BCUT2D eigenvalue weighted by Gasteiger charge is -2.28. The van der Waals surface area contributed by atoms with Crippen LogP contribution in [0, 0.1) is 30.9 Å². The van der Waals surface area contributed by atoms with Gasteiger partial charge in [-0.1, -0.05) is 12.0 Å². The Morgan fingerprint density at radius 3 is 2.53 bits per heavy atom. The van der Waals surface area contributed by atoms with Crippen molar-refractivity contribution in [2.24, 2.45) is 0 Å². The largest absolute Gasteiger partial charge is 0.438 e. The van der Waals surface area contributed by atoms with E-state index < -0.39 is 11.9 Å². The van der Waals surface area contributed by atoms with Crippen LogP contribution < -0.4 is 4.74 Å². The molecule has 3 aromatic rings. The van der Waals surface area contributed by atoms with Crippen LogP contribution in [0.25, 0.3) is 5.69 Å². The molecule has 2 aromatic carbocycles. The maximum Gasteiger partial charge on any atom is 0.227 e. The minimum absolute atomic E-state index is 0.0814. The fourth-order valence-electron chi connectivity index (χ4n) is 3.46. The maximum atomic E-state index is 13.8. The van der Waals surface area contributed by atoms with Crippen molar-refractivity contribution in [3.05, 3.63) is 71.4 Å². The number of nitrogens with zero attached hydrogens (tertiary/aromatic N) is 3. The number of aliphatic hydroxyl groups excluding tert-OH is 1. The molecule has 0 amide bonds. The minimum atomic E-state index is -0.740. The molecule has 0 aliphatic carbocycles. The molecule has 1 N–H and O–H groups in total. The monoisotopic (exact) mass is 469 g/mol. The molecular weight excluding hydrogens is 440 g/mol. The Hall–Kier alpha value is -3.25. The van der Waals surface area contributed by atoms with E-state index in [9.17, 15) is 13.9 Å². The Labute approximate surface area is 198 Å². The number of hydrogen-bond acceptors (Lipinski definition) is 5. The molecule has 180 valence electrons. The zero-order chi connectivity index (χ0) is 24.7. The zero-order valence-electron chi connectivity index (χ0n) is 19.5. The quantitative estimate of drug-likeness (QED) is 0.332. The van der Waals surface area contributed by atoms with Gasteiger partial charge in [0.1, 0.15) is 24.0 Å². The predicted octanol–water partition coefficient (Wildman–Crippen LogP) is 4.47. The van der Waals surface area contributed by atoms with Gasteiger partial charge in [0.05, 0.1) is 29.7 Å². The first-order valence-corrected chi connectivity index (χ1v) is 11.0. The fourth-order valence-corrected chi connectivity index (χ4v) is 3.46. The summed E-state index contributed by atoms with van der Waals surface area (Å²) in [6.07, 6.45) is 4.46. The number of hydrogen-bond donors (Lipinski definition) is 1. The topological polar surface area (TPSA) is 59.8 Å². The Morgan fingerprint density at radius 2 is 1.88 bits per heavy atom. The highest BCUT2D eigenvalue weighted by atomic mass is 19.1. The summed E-state index contributed by atoms with van der Waals surface area (Å²) in [5.74, 6) is 2.28. The van der Waals surface area contributed by atoms with Crippen molar-refractivity contribution in [2.45, 2.75) is 39.5 Å². The number of ether oxygens (including phenoxy) is 2. The fraction of sp³-hybridized carbons (Fsp3) is 0.346. The Morgan fingerprint density at radius 1 is 1.15 bits per heavy atom. The maximum absolute atomic E-state index is 13.8. The second-order valence-corrected chi connectivity index (χ2v) is 8.21. The summed E-state index contributed by atoms with van der Waals surface area (Å²) in [5.41, 5.74) is 2.06. The number of halogens is 2. The summed E-state index contributed by atoms with van der Waals surface area (Å²) in [7, 11) is 0. The molecule has 0 radical (unpaired) electrons. The first-order valence-electron chi connectivity index (χ1n) is 11.0. The van der Waals surface area contributed by atoms with E-state index in [2.05, 4.69) is 15.9 Å². The summed E-state index contributed by atoms with van der Waals surface area (Å²) in [6.45, 7) is 6.87. The van der Waals surface area contributed by atoms with E-state index in [4.69, 9.17) is 15.9 Å². The summed E-state index contributed by atoms with van der Waals surface area (Å²) in [6, 6.07) is 11.8. The van der Waals surface area contributed by atoms with E-state index in [1.165, 1.54) is 24.3 Å². The van der Waals surface area contributed by atoms with Gasteiger partial charge >= 0.3 is 0 Å². The summed E-state index contributed by atoms with van der Waals surface area (Å²) < 4.78 is 40.3. The van der Waals surface area contributed by atoms with Crippen molar-refractivity contribution in [2.75, 3.05) is 19.8 Å². The molecular formula is C26H29F2N3O3. The number of aliphatic hydroxyl groups is 1. The van der Waals surface area contributed by atoms with Crippen molar-refractivity contribution >= 4 is 0 Å². The van der Waals surface area contributed by atoms with Crippen molar-refractivity contribution in [1.29, 1.82) is 0 Å². The van der Waals surface area contributed by atoms with E-state index in [0.29, 0.717) is 36.1 Å². The molecule has 34 heavy (non-hydrogen) atoms. The molecule has 1 unspecified atom stereocenters. The van der Waals surface area contributed by atoms with Crippen LogP contribution in [-0.4, -0.2) is 51.7 Å². The van der Waals surface area contributed by atoms with Gasteiger partial charge in [0.25, 0.3) is 0 Å². The third kappa shape index (κ3) is 6.64. The van der Waals surface area contributed by atoms with Gasteiger partial charge in [-0.3, -0.25) is 4.90 Å². The second kappa shape index (κ2) is 11.7. The van der Waals surface area contributed by atoms with Crippen LogP contribution >= 0.6 is 0 Å².